The number of anilines is 4. The van der Waals surface area contributed by atoms with Crippen LogP contribution in [0.15, 0.2) is 42.6 Å². The van der Waals surface area contributed by atoms with Gasteiger partial charge in [-0.25, -0.2) is 9.78 Å². The molecular formula is C30H35F3N8O3. The Labute approximate surface area is 253 Å². The number of methoxy groups -OCH3 is 1. The lowest BCUT2D eigenvalue weighted by Crippen LogP contribution is -2.46. The van der Waals surface area contributed by atoms with Crippen LogP contribution in [0.3, 0.4) is 0 Å². The van der Waals surface area contributed by atoms with Crippen molar-refractivity contribution in [3.8, 4) is 5.75 Å². The molecule has 0 aliphatic carbocycles. The number of carbonyl (C=O) groups excluding carboxylic acids is 2. The van der Waals surface area contributed by atoms with Crippen LogP contribution < -0.4 is 25.2 Å². The molecule has 2 N–H and O–H groups in total. The molecule has 0 spiro atoms. The van der Waals surface area contributed by atoms with E-state index < -0.39 is 17.6 Å². The number of ether oxygens (including phenoxy) is 1. The Morgan fingerprint density at radius 2 is 1.80 bits per heavy atom. The van der Waals surface area contributed by atoms with Crippen LogP contribution >= 0.6 is 0 Å². The molecule has 2 aromatic carbocycles. The minimum atomic E-state index is -4.63. The monoisotopic (exact) mass is 612 g/mol. The molecule has 0 unspecified atom stereocenters. The van der Waals surface area contributed by atoms with E-state index in [2.05, 4.69) is 32.4 Å². The predicted molar refractivity (Wildman–Crippen MR) is 161 cm³/mol. The van der Waals surface area contributed by atoms with Crippen molar-refractivity contribution in [2.45, 2.75) is 26.2 Å². The van der Waals surface area contributed by atoms with Gasteiger partial charge < -0.3 is 20.3 Å². The van der Waals surface area contributed by atoms with Gasteiger partial charge in [-0.1, -0.05) is 13.0 Å². The zero-order chi connectivity index (χ0) is 31.6. The lowest BCUT2D eigenvalue weighted by molar-refractivity contribution is -0.138. The van der Waals surface area contributed by atoms with Crippen molar-refractivity contribution in [3.63, 3.8) is 0 Å². The maximum absolute atomic E-state index is 14.1. The predicted octanol–water partition coefficient (Wildman–Crippen LogP) is 4.51. The average molecular weight is 613 g/mol. The van der Waals surface area contributed by atoms with Gasteiger partial charge in [-0.2, -0.15) is 18.2 Å². The Balaban J connectivity index is 1.38. The van der Waals surface area contributed by atoms with Crippen molar-refractivity contribution in [1.82, 2.24) is 19.8 Å². The number of alkyl halides is 3. The summed E-state index contributed by atoms with van der Waals surface area (Å²) in [6.45, 7) is 6.24. The molecular weight excluding hydrogens is 577 g/mol. The number of benzene rings is 2. The van der Waals surface area contributed by atoms with Crippen LogP contribution in [0.1, 0.15) is 34.0 Å². The van der Waals surface area contributed by atoms with Gasteiger partial charge in [0.1, 0.15) is 11.6 Å². The molecule has 44 heavy (non-hydrogen) atoms. The molecule has 5 rings (SSSR count). The van der Waals surface area contributed by atoms with Gasteiger partial charge in [-0.05, 0) is 30.3 Å². The summed E-state index contributed by atoms with van der Waals surface area (Å²) < 4.78 is 47.8. The lowest BCUT2D eigenvalue weighted by atomic mass is 10.0. The summed E-state index contributed by atoms with van der Waals surface area (Å²) in [5.41, 5.74) is 0.515. The highest BCUT2D eigenvalue weighted by atomic mass is 19.4. The number of amides is 3. The number of likely N-dealkylation sites (N-methyl/N-ethyl adjacent to an activating group) is 1. The Kier molecular flexibility index (Phi) is 8.92. The number of halogens is 3. The normalized spacial score (nSPS) is 16.1. The molecule has 1 aromatic heterocycles. The van der Waals surface area contributed by atoms with Crippen molar-refractivity contribution >= 4 is 35.1 Å². The fraction of sp³-hybridized carbons (Fsp3) is 0.400. The largest absolute Gasteiger partial charge is 0.497 e. The van der Waals surface area contributed by atoms with Crippen LogP contribution in [0.25, 0.3) is 0 Å². The molecule has 2 aliphatic rings. The van der Waals surface area contributed by atoms with E-state index in [1.165, 1.54) is 35.1 Å². The number of piperazine rings is 1. The Morgan fingerprint density at radius 3 is 2.45 bits per heavy atom. The quantitative estimate of drug-likeness (QED) is 0.383. The standard InChI is InChI=1S/C30H35F3N8O3/c1-5-39-8-10-40(11-9-39)17-20-7-6-19(12-25(20)30(31,32)33)27(42)36-22-13-23(15-24(14-22)44-4)41-18-21-16-35-28(34-2)37-26(21)38(3)29(41)43/h6-7,12-16H,5,8-11,17-18H2,1-4H3,(H,36,42)(H,34,35,37). The highest BCUT2D eigenvalue weighted by molar-refractivity contribution is 6.07. The minimum Gasteiger partial charge on any atom is -0.497 e. The number of nitrogens with zero attached hydrogens (tertiary/aromatic N) is 6. The molecule has 0 radical (unpaired) electrons. The number of hydrogen-bond acceptors (Lipinski definition) is 8. The van der Waals surface area contributed by atoms with Crippen LogP contribution in [-0.2, 0) is 19.3 Å². The van der Waals surface area contributed by atoms with E-state index in [0.717, 1.165) is 25.7 Å². The summed E-state index contributed by atoms with van der Waals surface area (Å²) in [4.78, 5) is 42.3. The van der Waals surface area contributed by atoms with Crippen molar-refractivity contribution < 1.29 is 27.5 Å². The number of aromatic nitrogens is 2. The third-order valence-electron chi connectivity index (χ3n) is 7.91. The van der Waals surface area contributed by atoms with Crippen LogP contribution in [0, 0.1) is 0 Å². The van der Waals surface area contributed by atoms with Crippen LogP contribution in [0.4, 0.5) is 41.1 Å². The number of urea groups is 1. The van der Waals surface area contributed by atoms with Gasteiger partial charge in [0.05, 0.1) is 24.9 Å². The van der Waals surface area contributed by atoms with Crippen LogP contribution in [0.2, 0.25) is 0 Å². The Bertz CT molecular complexity index is 1540. The Hall–Kier alpha value is -4.43. The summed E-state index contributed by atoms with van der Waals surface area (Å²) in [5.74, 6) is 0.461. The molecule has 0 bridgehead atoms. The fourth-order valence-corrected chi connectivity index (χ4v) is 5.39. The maximum atomic E-state index is 14.1. The van der Waals surface area contributed by atoms with E-state index in [1.54, 1.807) is 32.4 Å². The second-order valence-corrected chi connectivity index (χ2v) is 10.7. The molecule has 1 saturated heterocycles. The van der Waals surface area contributed by atoms with Gasteiger partial charge in [0.15, 0.2) is 0 Å². The maximum Gasteiger partial charge on any atom is 0.416 e. The van der Waals surface area contributed by atoms with Gasteiger partial charge in [0.2, 0.25) is 5.95 Å². The minimum absolute atomic E-state index is 0.126. The number of rotatable bonds is 8. The van der Waals surface area contributed by atoms with E-state index >= 15 is 0 Å². The summed E-state index contributed by atoms with van der Waals surface area (Å²) >= 11 is 0. The first-order chi connectivity index (χ1) is 21.0. The van der Waals surface area contributed by atoms with E-state index in [1.807, 2.05) is 4.90 Å². The van der Waals surface area contributed by atoms with E-state index in [-0.39, 0.29) is 35.9 Å². The SMILES string of the molecule is CCN1CCN(Cc2ccc(C(=O)Nc3cc(OC)cc(N4Cc5cnc(NC)nc5N(C)C4=O)c3)cc2C(F)(F)F)CC1. The van der Waals surface area contributed by atoms with Gasteiger partial charge in [0, 0.05) is 82.0 Å². The molecule has 234 valence electrons. The first kappa shape index (κ1) is 31.0. The van der Waals surface area contributed by atoms with Crippen molar-refractivity contribution in [2.75, 3.05) is 74.4 Å². The zero-order valence-corrected chi connectivity index (χ0v) is 25.0. The molecule has 1 fully saturated rings. The molecule has 11 nitrogen and oxygen atoms in total. The highest BCUT2D eigenvalue weighted by Gasteiger charge is 2.35. The lowest BCUT2D eigenvalue weighted by Gasteiger charge is -2.34. The van der Waals surface area contributed by atoms with E-state index in [0.29, 0.717) is 41.9 Å². The van der Waals surface area contributed by atoms with Crippen molar-refractivity contribution in [3.05, 3.63) is 64.8 Å². The number of fused-ring (bicyclic) bond motifs is 1. The molecule has 2 aliphatic heterocycles. The van der Waals surface area contributed by atoms with Crippen molar-refractivity contribution in [2.24, 2.45) is 0 Å². The molecule has 3 amide bonds. The summed E-state index contributed by atoms with van der Waals surface area (Å²) in [6, 6.07) is 8.04. The van der Waals surface area contributed by atoms with E-state index in [4.69, 9.17) is 4.74 Å². The van der Waals surface area contributed by atoms with Crippen molar-refractivity contribution in [1.29, 1.82) is 0 Å². The first-order valence-electron chi connectivity index (χ1n) is 14.2. The average Bonchev–Trinajstić information content (AvgIpc) is 3.02. The van der Waals surface area contributed by atoms with E-state index in [9.17, 15) is 22.8 Å². The van der Waals surface area contributed by atoms with Crippen LogP contribution in [0.5, 0.6) is 5.75 Å². The van der Waals surface area contributed by atoms with Gasteiger partial charge in [-0.3, -0.25) is 19.5 Å². The molecule has 3 heterocycles. The van der Waals surface area contributed by atoms with Crippen LogP contribution in [-0.4, -0.2) is 85.6 Å². The zero-order valence-electron chi connectivity index (χ0n) is 25.0. The molecule has 14 heteroatoms. The molecule has 0 saturated carbocycles. The highest BCUT2D eigenvalue weighted by Crippen LogP contribution is 2.36. The number of carbonyl (C=O) groups is 2. The second kappa shape index (κ2) is 12.7. The molecule has 0 atom stereocenters. The summed E-state index contributed by atoms with van der Waals surface area (Å²) in [7, 11) is 4.71. The third-order valence-corrected chi connectivity index (χ3v) is 7.91. The van der Waals surface area contributed by atoms with Gasteiger partial charge in [0.25, 0.3) is 5.91 Å². The summed E-state index contributed by atoms with van der Waals surface area (Å²) in [6.07, 6.45) is -3.01. The number of hydrogen-bond donors (Lipinski definition) is 2. The third kappa shape index (κ3) is 6.55. The number of nitrogens with one attached hydrogen (secondary N) is 2. The van der Waals surface area contributed by atoms with Gasteiger partial charge in [-0.15, -0.1) is 0 Å². The smallest absolute Gasteiger partial charge is 0.416 e. The Morgan fingerprint density at radius 1 is 1.07 bits per heavy atom. The fourth-order valence-electron chi connectivity index (χ4n) is 5.39. The topological polar surface area (TPSA) is 106 Å². The summed E-state index contributed by atoms with van der Waals surface area (Å²) in [5, 5.41) is 5.53. The second-order valence-electron chi connectivity index (χ2n) is 10.7. The first-order valence-corrected chi connectivity index (χ1v) is 14.2. The van der Waals surface area contributed by atoms with Gasteiger partial charge >= 0.3 is 12.2 Å². The molecule has 3 aromatic rings.